The van der Waals surface area contributed by atoms with Gasteiger partial charge in [-0.3, -0.25) is 4.90 Å². The zero-order chi connectivity index (χ0) is 10.7. The Morgan fingerprint density at radius 1 is 1.60 bits per heavy atom. The Morgan fingerprint density at radius 3 is 3.20 bits per heavy atom. The number of nitrogens with zero attached hydrogens (tertiary/aromatic N) is 2. The second-order valence-corrected chi connectivity index (χ2v) is 4.66. The van der Waals surface area contributed by atoms with Gasteiger partial charge in [-0.05, 0) is 35.0 Å². The quantitative estimate of drug-likeness (QED) is 0.770. The zero-order valence-corrected chi connectivity index (χ0v) is 10.4. The molecule has 0 radical (unpaired) electrons. The van der Waals surface area contributed by atoms with Crippen LogP contribution in [0.2, 0.25) is 0 Å². The van der Waals surface area contributed by atoms with Crippen LogP contribution < -0.4 is 0 Å². The van der Waals surface area contributed by atoms with Crippen LogP contribution in [0.4, 0.5) is 0 Å². The summed E-state index contributed by atoms with van der Waals surface area (Å²) in [4.78, 5) is 6.84. The molecule has 0 amide bonds. The van der Waals surface area contributed by atoms with Gasteiger partial charge in [-0.1, -0.05) is 6.07 Å². The van der Waals surface area contributed by atoms with Gasteiger partial charge < -0.3 is 4.74 Å². The van der Waals surface area contributed by atoms with Crippen LogP contribution >= 0.6 is 15.9 Å². The van der Waals surface area contributed by atoms with E-state index in [1.165, 1.54) is 0 Å². The number of ether oxygens (including phenoxy) is 1. The highest BCUT2D eigenvalue weighted by atomic mass is 79.9. The normalized spacial score (nSPS) is 22.9. The first-order valence-corrected chi connectivity index (χ1v) is 5.98. The third-order valence-electron chi connectivity index (χ3n) is 2.64. The number of hydrogen-bond acceptors (Lipinski definition) is 3. The lowest BCUT2D eigenvalue weighted by molar-refractivity contribution is -0.00492. The molecule has 0 unspecified atom stereocenters. The van der Waals surface area contributed by atoms with E-state index in [1.807, 2.05) is 12.1 Å². The van der Waals surface area contributed by atoms with E-state index in [4.69, 9.17) is 4.74 Å². The average molecular weight is 271 g/mol. The molecule has 2 heterocycles. The first-order valence-electron chi connectivity index (χ1n) is 5.19. The molecule has 0 aliphatic carbocycles. The number of hydrogen-bond donors (Lipinski definition) is 0. The molecule has 0 saturated carbocycles. The summed E-state index contributed by atoms with van der Waals surface area (Å²) < 4.78 is 6.31. The molecule has 0 spiro atoms. The first-order chi connectivity index (χ1) is 7.25. The molecule has 0 aromatic carbocycles. The Kier molecular flexibility index (Phi) is 3.72. The van der Waals surface area contributed by atoms with Crippen LogP contribution in [0, 0.1) is 0 Å². The van der Waals surface area contributed by atoms with Crippen LogP contribution in [-0.2, 0) is 11.3 Å². The van der Waals surface area contributed by atoms with Crippen molar-refractivity contribution < 1.29 is 4.74 Å². The zero-order valence-electron chi connectivity index (χ0n) is 8.82. The van der Waals surface area contributed by atoms with Crippen LogP contribution in [0.1, 0.15) is 12.6 Å². The Balaban J connectivity index is 2.01. The predicted molar refractivity (Wildman–Crippen MR) is 62.6 cm³/mol. The monoisotopic (exact) mass is 270 g/mol. The summed E-state index contributed by atoms with van der Waals surface area (Å²) in [7, 11) is 0. The van der Waals surface area contributed by atoms with Crippen LogP contribution in [0.25, 0.3) is 0 Å². The molecule has 1 fully saturated rings. The van der Waals surface area contributed by atoms with E-state index >= 15 is 0 Å². The van der Waals surface area contributed by atoms with Crippen molar-refractivity contribution in [3.05, 3.63) is 28.5 Å². The molecule has 1 saturated heterocycles. The molecule has 3 nitrogen and oxygen atoms in total. The Labute approximate surface area is 98.6 Å². The molecule has 82 valence electrons. The van der Waals surface area contributed by atoms with Crippen molar-refractivity contribution in [3.63, 3.8) is 0 Å². The standard InChI is InChI=1S/C11H15BrN2O/c1-9-8-15-6-5-14(9)7-10-3-2-4-11(12)13-10/h2-4,9H,5-8H2,1H3/t9-/m0/s1. The molecule has 4 heteroatoms. The maximum Gasteiger partial charge on any atom is 0.106 e. The van der Waals surface area contributed by atoms with Crippen molar-refractivity contribution in [1.82, 2.24) is 9.88 Å². The Morgan fingerprint density at radius 2 is 2.47 bits per heavy atom. The van der Waals surface area contributed by atoms with Gasteiger partial charge in [0.25, 0.3) is 0 Å². The minimum Gasteiger partial charge on any atom is -0.379 e. The first kappa shape index (κ1) is 11.0. The summed E-state index contributed by atoms with van der Waals surface area (Å²) in [5.74, 6) is 0. The lowest BCUT2D eigenvalue weighted by Gasteiger charge is -2.32. The third-order valence-corrected chi connectivity index (χ3v) is 3.08. The summed E-state index contributed by atoms with van der Waals surface area (Å²) in [6, 6.07) is 6.52. The SMILES string of the molecule is C[C@H]1COCCN1Cc1cccc(Br)n1. The summed E-state index contributed by atoms with van der Waals surface area (Å²) >= 11 is 3.39. The van der Waals surface area contributed by atoms with Crippen LogP contribution in [0.5, 0.6) is 0 Å². The molecule has 0 bridgehead atoms. The topological polar surface area (TPSA) is 25.4 Å². The highest BCUT2D eigenvalue weighted by molar-refractivity contribution is 9.10. The molecule has 0 N–H and O–H groups in total. The van der Waals surface area contributed by atoms with E-state index in [0.29, 0.717) is 6.04 Å². The average Bonchev–Trinajstić information content (AvgIpc) is 2.22. The molecular formula is C11H15BrN2O. The largest absolute Gasteiger partial charge is 0.379 e. The van der Waals surface area contributed by atoms with Crippen molar-refractivity contribution in [1.29, 1.82) is 0 Å². The summed E-state index contributed by atoms with van der Waals surface area (Å²) in [5, 5.41) is 0. The maximum atomic E-state index is 5.40. The van der Waals surface area contributed by atoms with Crippen molar-refractivity contribution in [2.45, 2.75) is 19.5 Å². The van der Waals surface area contributed by atoms with Crippen LogP contribution in [-0.4, -0.2) is 35.7 Å². The third kappa shape index (κ3) is 3.00. The fourth-order valence-electron chi connectivity index (χ4n) is 1.74. The molecule has 1 aliphatic rings. The molecule has 2 rings (SSSR count). The highest BCUT2D eigenvalue weighted by Crippen LogP contribution is 2.12. The van der Waals surface area contributed by atoms with Gasteiger partial charge in [-0.25, -0.2) is 4.98 Å². The second-order valence-electron chi connectivity index (χ2n) is 3.85. The predicted octanol–water partition coefficient (Wildman–Crippen LogP) is 2.06. The molecule has 15 heavy (non-hydrogen) atoms. The minimum atomic E-state index is 0.486. The lowest BCUT2D eigenvalue weighted by Crippen LogP contribution is -2.43. The van der Waals surface area contributed by atoms with Gasteiger partial charge in [-0.2, -0.15) is 0 Å². The smallest absolute Gasteiger partial charge is 0.106 e. The summed E-state index contributed by atoms with van der Waals surface area (Å²) in [6.07, 6.45) is 0. The van der Waals surface area contributed by atoms with Crippen molar-refractivity contribution in [3.8, 4) is 0 Å². The van der Waals surface area contributed by atoms with Gasteiger partial charge in [-0.15, -0.1) is 0 Å². The molecule has 1 atom stereocenters. The second kappa shape index (κ2) is 5.05. The lowest BCUT2D eigenvalue weighted by atomic mass is 10.2. The Bertz CT molecular complexity index is 332. The minimum absolute atomic E-state index is 0.486. The number of rotatable bonds is 2. The summed E-state index contributed by atoms with van der Waals surface area (Å²) in [6.45, 7) is 5.75. The van der Waals surface area contributed by atoms with Gasteiger partial charge in [0.05, 0.1) is 18.9 Å². The number of morpholine rings is 1. The van der Waals surface area contributed by atoms with Gasteiger partial charge in [0.2, 0.25) is 0 Å². The van der Waals surface area contributed by atoms with Gasteiger partial charge in [0.1, 0.15) is 4.60 Å². The summed E-state index contributed by atoms with van der Waals surface area (Å²) in [5.41, 5.74) is 1.11. The molecule has 1 aromatic heterocycles. The highest BCUT2D eigenvalue weighted by Gasteiger charge is 2.18. The Hall–Kier alpha value is -0.450. The fraction of sp³-hybridized carbons (Fsp3) is 0.545. The van der Waals surface area contributed by atoms with Crippen molar-refractivity contribution in [2.75, 3.05) is 19.8 Å². The maximum absolute atomic E-state index is 5.40. The van der Waals surface area contributed by atoms with Crippen molar-refractivity contribution >= 4 is 15.9 Å². The number of pyridine rings is 1. The van der Waals surface area contributed by atoms with E-state index in [1.54, 1.807) is 0 Å². The number of aromatic nitrogens is 1. The van der Waals surface area contributed by atoms with Gasteiger partial charge >= 0.3 is 0 Å². The van der Waals surface area contributed by atoms with Crippen LogP contribution in [0.3, 0.4) is 0 Å². The molecule has 1 aromatic rings. The van der Waals surface area contributed by atoms with Crippen LogP contribution in [0.15, 0.2) is 22.8 Å². The molecule has 1 aliphatic heterocycles. The number of halogens is 1. The van der Waals surface area contributed by atoms with Gasteiger partial charge in [0.15, 0.2) is 0 Å². The van der Waals surface area contributed by atoms with Gasteiger partial charge in [0, 0.05) is 19.1 Å². The van der Waals surface area contributed by atoms with E-state index < -0.39 is 0 Å². The van der Waals surface area contributed by atoms with E-state index in [2.05, 4.69) is 38.8 Å². The van der Waals surface area contributed by atoms with E-state index in [-0.39, 0.29) is 0 Å². The molecular weight excluding hydrogens is 256 g/mol. The van der Waals surface area contributed by atoms with Crippen molar-refractivity contribution in [2.24, 2.45) is 0 Å². The fourth-order valence-corrected chi connectivity index (χ4v) is 2.12. The van der Waals surface area contributed by atoms with E-state index in [9.17, 15) is 0 Å². The van der Waals surface area contributed by atoms with E-state index in [0.717, 1.165) is 36.6 Å².